The number of rotatable bonds is 7. The number of methoxy groups -OCH3 is 1. The Bertz CT molecular complexity index is 960. The van der Waals surface area contributed by atoms with Gasteiger partial charge in [0.1, 0.15) is 11.3 Å². The number of nitrogens with zero attached hydrogens (tertiary/aromatic N) is 1. The third-order valence-electron chi connectivity index (χ3n) is 4.79. The average Bonchev–Trinajstić information content (AvgIpc) is 3.03. The second-order valence-electron chi connectivity index (χ2n) is 6.54. The maximum absolute atomic E-state index is 12.9. The Balaban J connectivity index is 1.63. The van der Waals surface area contributed by atoms with Crippen molar-refractivity contribution < 1.29 is 28.7 Å². The molecule has 1 aliphatic rings. The Hall–Kier alpha value is -3.88. The van der Waals surface area contributed by atoms with Crippen LogP contribution in [0.3, 0.4) is 0 Å². The molecule has 9 heteroatoms. The molecule has 2 N–H and O–H groups in total. The maximum Gasteiger partial charge on any atom is 0.344 e. The highest BCUT2D eigenvalue weighted by molar-refractivity contribution is 6.08. The molecule has 2 aromatic rings. The van der Waals surface area contributed by atoms with E-state index in [1.54, 1.807) is 49.4 Å². The first-order valence-corrected chi connectivity index (χ1v) is 9.24. The molecule has 3 rings (SSSR count). The Kier molecular flexibility index (Phi) is 6.01. The van der Waals surface area contributed by atoms with Gasteiger partial charge < -0.3 is 14.8 Å². The summed E-state index contributed by atoms with van der Waals surface area (Å²) in [6, 6.07) is 14.1. The fraction of sp³-hybridized carbons (Fsp3) is 0.238. The van der Waals surface area contributed by atoms with E-state index in [4.69, 9.17) is 9.47 Å². The van der Waals surface area contributed by atoms with Crippen LogP contribution in [0.25, 0.3) is 0 Å². The molecule has 0 aliphatic carbocycles. The van der Waals surface area contributed by atoms with Crippen LogP contribution in [-0.4, -0.2) is 42.5 Å². The van der Waals surface area contributed by atoms with Crippen LogP contribution in [0.2, 0.25) is 0 Å². The number of urea groups is 1. The molecular formula is C21H21N3O6. The van der Waals surface area contributed by atoms with Crippen molar-refractivity contribution in [2.45, 2.75) is 18.9 Å². The Labute approximate surface area is 172 Å². The fourth-order valence-electron chi connectivity index (χ4n) is 3.14. The van der Waals surface area contributed by atoms with E-state index in [9.17, 15) is 19.2 Å². The lowest BCUT2D eigenvalue weighted by Gasteiger charge is -2.25. The first-order chi connectivity index (χ1) is 14.4. The van der Waals surface area contributed by atoms with Gasteiger partial charge in [-0.05, 0) is 36.2 Å². The monoisotopic (exact) mass is 411 g/mol. The summed E-state index contributed by atoms with van der Waals surface area (Å²) >= 11 is 0. The molecule has 1 fully saturated rings. The summed E-state index contributed by atoms with van der Waals surface area (Å²) in [4.78, 5) is 49.5. The van der Waals surface area contributed by atoms with Crippen LogP contribution in [0.5, 0.6) is 5.75 Å². The van der Waals surface area contributed by atoms with Gasteiger partial charge >= 0.3 is 12.0 Å². The second kappa shape index (κ2) is 8.64. The number of hydrazine groups is 1. The van der Waals surface area contributed by atoms with Gasteiger partial charge in [0.2, 0.25) is 0 Å². The molecule has 1 aliphatic heterocycles. The lowest BCUT2D eigenvalue weighted by molar-refractivity contribution is -0.140. The van der Waals surface area contributed by atoms with E-state index < -0.39 is 36.0 Å². The number of benzene rings is 2. The molecule has 0 spiro atoms. The number of ether oxygens (including phenoxy) is 2. The number of esters is 1. The van der Waals surface area contributed by atoms with Crippen molar-refractivity contribution in [3.05, 3.63) is 65.7 Å². The first-order valence-electron chi connectivity index (χ1n) is 9.24. The maximum atomic E-state index is 12.9. The van der Waals surface area contributed by atoms with E-state index in [0.29, 0.717) is 22.7 Å². The molecule has 0 aromatic heterocycles. The van der Waals surface area contributed by atoms with Crippen molar-refractivity contribution in [2.24, 2.45) is 0 Å². The van der Waals surface area contributed by atoms with E-state index in [1.807, 2.05) is 0 Å². The lowest BCUT2D eigenvalue weighted by atomic mass is 9.87. The average molecular weight is 411 g/mol. The zero-order chi connectivity index (χ0) is 21.7. The highest BCUT2D eigenvalue weighted by Gasteiger charge is 2.52. The van der Waals surface area contributed by atoms with Crippen molar-refractivity contribution in [3.63, 3.8) is 0 Å². The van der Waals surface area contributed by atoms with Crippen LogP contribution in [-0.2, 0) is 19.9 Å². The predicted octanol–water partition coefficient (Wildman–Crippen LogP) is 1.74. The summed E-state index contributed by atoms with van der Waals surface area (Å²) in [5.74, 6) is -1.59. The third-order valence-corrected chi connectivity index (χ3v) is 4.79. The molecule has 1 atom stereocenters. The molecule has 1 saturated heterocycles. The van der Waals surface area contributed by atoms with E-state index in [0.717, 1.165) is 0 Å². The lowest BCUT2D eigenvalue weighted by Crippen LogP contribution is -2.49. The van der Waals surface area contributed by atoms with Crippen molar-refractivity contribution in [1.29, 1.82) is 0 Å². The van der Waals surface area contributed by atoms with Crippen LogP contribution >= 0.6 is 0 Å². The molecule has 0 radical (unpaired) electrons. The van der Waals surface area contributed by atoms with Gasteiger partial charge in [-0.3, -0.25) is 15.0 Å². The number of hydrogen-bond acceptors (Lipinski definition) is 6. The number of imide groups is 1. The van der Waals surface area contributed by atoms with Gasteiger partial charge in [0, 0.05) is 0 Å². The van der Waals surface area contributed by atoms with Gasteiger partial charge in [0.15, 0.2) is 6.61 Å². The van der Waals surface area contributed by atoms with Crippen molar-refractivity contribution in [3.8, 4) is 5.75 Å². The number of carbonyl (C=O) groups excluding carboxylic acids is 4. The molecule has 0 bridgehead atoms. The quantitative estimate of drug-likeness (QED) is 0.530. The van der Waals surface area contributed by atoms with Gasteiger partial charge in [0.05, 0.1) is 12.7 Å². The molecule has 2 aromatic carbocycles. The Morgan fingerprint density at radius 3 is 2.33 bits per heavy atom. The normalized spacial score (nSPS) is 18.0. The van der Waals surface area contributed by atoms with Gasteiger partial charge in [-0.15, -0.1) is 0 Å². The number of amides is 4. The minimum absolute atomic E-state index is 0.229. The Morgan fingerprint density at radius 2 is 1.73 bits per heavy atom. The standard InChI is InChI=1S/C21H21N3O6/c1-3-21(15-7-5-4-6-8-15)19(27)24(20(28)22-21)23-17(25)13-30-18(26)14-9-11-16(29-2)12-10-14/h4-12H,3,13H2,1-2H3,(H,22,28)(H,23,25)/t21-/m1/s1. The van der Waals surface area contributed by atoms with Crippen LogP contribution in [0.4, 0.5) is 4.79 Å². The van der Waals surface area contributed by atoms with Crippen LogP contribution in [0, 0.1) is 0 Å². The SMILES string of the molecule is CC[C@]1(c2ccccc2)NC(=O)N(NC(=O)COC(=O)c2ccc(OC)cc2)C1=O. The van der Waals surface area contributed by atoms with Crippen LogP contribution in [0.1, 0.15) is 29.3 Å². The van der Waals surface area contributed by atoms with Crippen molar-refractivity contribution >= 4 is 23.8 Å². The minimum Gasteiger partial charge on any atom is -0.497 e. The van der Waals surface area contributed by atoms with Gasteiger partial charge in [-0.1, -0.05) is 37.3 Å². The third kappa shape index (κ3) is 3.95. The summed E-state index contributed by atoms with van der Waals surface area (Å²) in [6.07, 6.45) is 0.292. The minimum atomic E-state index is -1.27. The number of hydrogen-bond donors (Lipinski definition) is 2. The molecule has 0 unspecified atom stereocenters. The molecule has 156 valence electrons. The summed E-state index contributed by atoms with van der Waals surface area (Å²) in [5, 5.41) is 3.25. The molecule has 30 heavy (non-hydrogen) atoms. The zero-order valence-electron chi connectivity index (χ0n) is 16.5. The van der Waals surface area contributed by atoms with Crippen LogP contribution in [0.15, 0.2) is 54.6 Å². The highest BCUT2D eigenvalue weighted by atomic mass is 16.5. The van der Waals surface area contributed by atoms with E-state index >= 15 is 0 Å². The van der Waals surface area contributed by atoms with E-state index in [2.05, 4.69) is 10.7 Å². The zero-order valence-corrected chi connectivity index (χ0v) is 16.5. The fourth-order valence-corrected chi connectivity index (χ4v) is 3.14. The molecule has 1 heterocycles. The van der Waals surface area contributed by atoms with Crippen LogP contribution < -0.4 is 15.5 Å². The van der Waals surface area contributed by atoms with Gasteiger partial charge in [0.25, 0.3) is 11.8 Å². The smallest absolute Gasteiger partial charge is 0.344 e. The molecule has 9 nitrogen and oxygen atoms in total. The summed E-state index contributed by atoms with van der Waals surface area (Å²) in [7, 11) is 1.50. The van der Waals surface area contributed by atoms with E-state index in [-0.39, 0.29) is 5.56 Å². The number of nitrogens with one attached hydrogen (secondary N) is 2. The van der Waals surface area contributed by atoms with Gasteiger partial charge in [-0.2, -0.15) is 5.01 Å². The number of carbonyl (C=O) groups is 4. The van der Waals surface area contributed by atoms with Gasteiger partial charge in [-0.25, -0.2) is 9.59 Å². The Morgan fingerprint density at radius 1 is 1.07 bits per heavy atom. The van der Waals surface area contributed by atoms with E-state index in [1.165, 1.54) is 19.2 Å². The molecular weight excluding hydrogens is 390 g/mol. The summed E-state index contributed by atoms with van der Waals surface area (Å²) < 4.78 is 9.95. The predicted molar refractivity (Wildman–Crippen MR) is 105 cm³/mol. The summed E-state index contributed by atoms with van der Waals surface area (Å²) in [6.45, 7) is 1.10. The first kappa shape index (κ1) is 20.8. The highest BCUT2D eigenvalue weighted by Crippen LogP contribution is 2.31. The van der Waals surface area contributed by atoms with Crippen molar-refractivity contribution in [1.82, 2.24) is 15.8 Å². The second-order valence-corrected chi connectivity index (χ2v) is 6.54. The van der Waals surface area contributed by atoms with Crippen molar-refractivity contribution in [2.75, 3.05) is 13.7 Å². The largest absolute Gasteiger partial charge is 0.497 e. The topological polar surface area (TPSA) is 114 Å². The molecule has 4 amide bonds. The molecule has 0 saturated carbocycles. The summed E-state index contributed by atoms with van der Waals surface area (Å²) in [5.41, 5.74) is 1.76.